The van der Waals surface area contributed by atoms with E-state index in [1.54, 1.807) is 0 Å². The second-order valence-electron chi connectivity index (χ2n) is 5.63. The second kappa shape index (κ2) is 5.74. The van der Waals surface area contributed by atoms with Crippen LogP contribution in [0.3, 0.4) is 0 Å². The zero-order valence-corrected chi connectivity index (χ0v) is 11.4. The number of carbonyl (C=O) groups excluding carboxylic acids is 1. The van der Waals surface area contributed by atoms with E-state index >= 15 is 0 Å². The smallest absolute Gasteiger partial charge is 0.228 e. The molecular weight excluding hydrogens is 236 g/mol. The Kier molecular flexibility index (Phi) is 3.83. The molecule has 1 unspecified atom stereocenters. The third-order valence-electron chi connectivity index (χ3n) is 4.24. The molecule has 1 fully saturated rings. The minimum atomic E-state index is 0.286. The minimum Gasteiger partial charge on any atom is -0.313 e. The largest absolute Gasteiger partial charge is 0.313 e. The van der Waals surface area contributed by atoms with Crippen molar-refractivity contribution in [1.82, 2.24) is 5.32 Å². The average Bonchev–Trinajstić information content (AvgIpc) is 2.83. The van der Waals surface area contributed by atoms with Gasteiger partial charge in [-0.3, -0.25) is 4.79 Å². The van der Waals surface area contributed by atoms with Gasteiger partial charge in [0.2, 0.25) is 5.91 Å². The lowest BCUT2D eigenvalue weighted by Gasteiger charge is -2.24. The molecule has 0 aromatic heterocycles. The summed E-state index contributed by atoms with van der Waals surface area (Å²) in [5.41, 5.74) is 2.47. The standard InChI is InChI=1S/C16H22N2O/c19-16(12-14-8-5-10-17-14)18-11-4-3-7-13-6-1-2-9-15(13)18/h1-2,6,9,14,17H,3-5,7-8,10-12H2. The fourth-order valence-electron chi connectivity index (χ4n) is 3.20. The molecule has 0 aliphatic carbocycles. The number of nitrogens with one attached hydrogen (secondary N) is 1. The number of para-hydroxylation sites is 1. The van der Waals surface area contributed by atoms with Crippen LogP contribution in [0.4, 0.5) is 5.69 Å². The van der Waals surface area contributed by atoms with E-state index in [0.29, 0.717) is 12.5 Å². The first kappa shape index (κ1) is 12.7. The molecule has 0 saturated carbocycles. The Bertz CT molecular complexity index is 452. The lowest BCUT2D eigenvalue weighted by molar-refractivity contribution is -0.119. The fourth-order valence-corrected chi connectivity index (χ4v) is 3.20. The molecule has 2 aliphatic heterocycles. The topological polar surface area (TPSA) is 32.3 Å². The number of anilines is 1. The van der Waals surface area contributed by atoms with Gasteiger partial charge >= 0.3 is 0 Å². The number of benzene rings is 1. The van der Waals surface area contributed by atoms with Gasteiger partial charge in [0.05, 0.1) is 0 Å². The van der Waals surface area contributed by atoms with Crippen molar-refractivity contribution in [2.24, 2.45) is 0 Å². The van der Waals surface area contributed by atoms with Crippen molar-refractivity contribution >= 4 is 11.6 Å². The van der Waals surface area contributed by atoms with Gasteiger partial charge in [-0.05, 0) is 50.3 Å². The molecule has 2 heterocycles. The first-order valence-corrected chi connectivity index (χ1v) is 7.46. The summed E-state index contributed by atoms with van der Waals surface area (Å²) in [5, 5.41) is 3.42. The van der Waals surface area contributed by atoms with Crippen LogP contribution in [-0.4, -0.2) is 25.0 Å². The van der Waals surface area contributed by atoms with Gasteiger partial charge in [-0.15, -0.1) is 0 Å². The van der Waals surface area contributed by atoms with Gasteiger partial charge < -0.3 is 10.2 Å². The molecule has 19 heavy (non-hydrogen) atoms. The van der Waals surface area contributed by atoms with Crippen molar-refractivity contribution in [2.45, 2.75) is 44.6 Å². The van der Waals surface area contributed by atoms with Crippen molar-refractivity contribution in [3.63, 3.8) is 0 Å². The van der Waals surface area contributed by atoms with Crippen LogP contribution < -0.4 is 10.2 Å². The maximum Gasteiger partial charge on any atom is 0.228 e. The van der Waals surface area contributed by atoms with Gasteiger partial charge in [0.25, 0.3) is 0 Å². The Balaban J connectivity index is 1.77. The molecule has 1 aromatic rings. The number of hydrogen-bond donors (Lipinski definition) is 1. The van der Waals surface area contributed by atoms with Gasteiger partial charge in [-0.25, -0.2) is 0 Å². The zero-order chi connectivity index (χ0) is 13.1. The third-order valence-corrected chi connectivity index (χ3v) is 4.24. The van der Waals surface area contributed by atoms with Crippen LogP contribution in [0.15, 0.2) is 24.3 Å². The molecule has 0 spiro atoms. The molecule has 1 atom stereocenters. The lowest BCUT2D eigenvalue weighted by atomic mass is 10.1. The summed E-state index contributed by atoms with van der Waals surface area (Å²) in [6.07, 6.45) is 6.38. The highest BCUT2D eigenvalue weighted by molar-refractivity contribution is 5.94. The fraction of sp³-hybridized carbons (Fsp3) is 0.562. The predicted octanol–water partition coefficient (Wildman–Crippen LogP) is 2.50. The summed E-state index contributed by atoms with van der Waals surface area (Å²) in [7, 11) is 0. The number of amides is 1. The normalized spacial score (nSPS) is 22.9. The Labute approximate surface area is 115 Å². The quantitative estimate of drug-likeness (QED) is 0.884. The Morgan fingerprint density at radius 3 is 3.00 bits per heavy atom. The van der Waals surface area contributed by atoms with E-state index < -0.39 is 0 Å². The molecule has 0 radical (unpaired) electrons. The van der Waals surface area contributed by atoms with Crippen LogP contribution in [0.25, 0.3) is 0 Å². The van der Waals surface area contributed by atoms with Crippen LogP contribution in [-0.2, 0) is 11.2 Å². The van der Waals surface area contributed by atoms with Gasteiger partial charge in [0.1, 0.15) is 0 Å². The first-order valence-electron chi connectivity index (χ1n) is 7.46. The van der Waals surface area contributed by atoms with Crippen molar-refractivity contribution < 1.29 is 4.79 Å². The van der Waals surface area contributed by atoms with E-state index in [4.69, 9.17) is 0 Å². The second-order valence-corrected chi connectivity index (χ2v) is 5.63. The number of hydrogen-bond acceptors (Lipinski definition) is 2. The summed E-state index contributed by atoms with van der Waals surface area (Å²) in [4.78, 5) is 14.6. The van der Waals surface area contributed by atoms with E-state index in [2.05, 4.69) is 23.5 Å². The van der Waals surface area contributed by atoms with E-state index in [-0.39, 0.29) is 5.91 Å². The molecule has 3 heteroatoms. The Morgan fingerprint density at radius 1 is 1.26 bits per heavy atom. The van der Waals surface area contributed by atoms with Gasteiger partial charge in [-0.2, -0.15) is 0 Å². The monoisotopic (exact) mass is 258 g/mol. The zero-order valence-electron chi connectivity index (χ0n) is 11.4. The molecular formula is C16H22N2O. The number of fused-ring (bicyclic) bond motifs is 1. The minimum absolute atomic E-state index is 0.286. The summed E-state index contributed by atoms with van der Waals surface area (Å²) in [6.45, 7) is 1.94. The van der Waals surface area contributed by atoms with Crippen molar-refractivity contribution in [3.05, 3.63) is 29.8 Å². The molecule has 3 rings (SSSR count). The highest BCUT2D eigenvalue weighted by Gasteiger charge is 2.24. The maximum absolute atomic E-state index is 12.6. The summed E-state index contributed by atoms with van der Waals surface area (Å²) >= 11 is 0. The Morgan fingerprint density at radius 2 is 2.16 bits per heavy atom. The van der Waals surface area contributed by atoms with Gasteiger partial charge in [-0.1, -0.05) is 18.2 Å². The molecule has 102 valence electrons. The van der Waals surface area contributed by atoms with Crippen LogP contribution in [0.1, 0.15) is 37.7 Å². The van der Waals surface area contributed by atoms with Crippen LogP contribution >= 0.6 is 0 Å². The Hall–Kier alpha value is -1.35. The van der Waals surface area contributed by atoms with Crippen molar-refractivity contribution in [1.29, 1.82) is 0 Å². The summed E-state index contributed by atoms with van der Waals surface area (Å²) in [6, 6.07) is 8.77. The van der Waals surface area contributed by atoms with Crippen LogP contribution in [0, 0.1) is 0 Å². The van der Waals surface area contributed by atoms with Crippen LogP contribution in [0.2, 0.25) is 0 Å². The summed E-state index contributed by atoms with van der Waals surface area (Å²) in [5.74, 6) is 0.286. The van der Waals surface area contributed by atoms with Gasteiger partial charge in [0.15, 0.2) is 0 Å². The molecule has 1 saturated heterocycles. The third kappa shape index (κ3) is 2.81. The van der Waals surface area contributed by atoms with Crippen molar-refractivity contribution in [3.8, 4) is 0 Å². The van der Waals surface area contributed by atoms with E-state index in [1.165, 1.54) is 18.4 Å². The number of nitrogens with zero attached hydrogens (tertiary/aromatic N) is 1. The van der Waals surface area contributed by atoms with Crippen molar-refractivity contribution in [2.75, 3.05) is 18.0 Å². The highest BCUT2D eigenvalue weighted by atomic mass is 16.2. The number of aryl methyl sites for hydroxylation is 1. The van der Waals surface area contributed by atoms with E-state index in [9.17, 15) is 4.79 Å². The maximum atomic E-state index is 12.6. The SMILES string of the molecule is O=C(CC1CCCN1)N1CCCCc2ccccc21. The molecule has 2 aliphatic rings. The molecule has 3 nitrogen and oxygen atoms in total. The lowest BCUT2D eigenvalue weighted by Crippen LogP contribution is -2.36. The first-order chi connectivity index (χ1) is 9.34. The highest BCUT2D eigenvalue weighted by Crippen LogP contribution is 2.27. The number of rotatable bonds is 2. The van der Waals surface area contributed by atoms with Gasteiger partial charge in [0, 0.05) is 24.7 Å². The van der Waals surface area contributed by atoms with E-state index in [1.807, 2.05) is 11.0 Å². The number of carbonyl (C=O) groups is 1. The molecule has 1 N–H and O–H groups in total. The molecule has 1 aromatic carbocycles. The average molecular weight is 258 g/mol. The molecule has 0 bridgehead atoms. The van der Waals surface area contributed by atoms with Crippen LogP contribution in [0.5, 0.6) is 0 Å². The predicted molar refractivity (Wildman–Crippen MR) is 77.4 cm³/mol. The molecule has 1 amide bonds. The summed E-state index contributed by atoms with van der Waals surface area (Å²) < 4.78 is 0. The van der Waals surface area contributed by atoms with E-state index in [0.717, 1.165) is 38.0 Å².